The minimum atomic E-state index is -0.209. The lowest BCUT2D eigenvalue weighted by atomic mass is 9.60. The summed E-state index contributed by atoms with van der Waals surface area (Å²) in [4.78, 5) is 0. The predicted molar refractivity (Wildman–Crippen MR) is 145 cm³/mol. The van der Waals surface area contributed by atoms with E-state index in [1.807, 2.05) is 41.5 Å². The van der Waals surface area contributed by atoms with E-state index in [2.05, 4.69) is 69.0 Å². The Hall–Kier alpha value is -2.29. The van der Waals surface area contributed by atoms with E-state index in [1.165, 1.54) is 52.1 Å². The van der Waals surface area contributed by atoms with Gasteiger partial charge in [0.15, 0.2) is 5.82 Å². The van der Waals surface area contributed by atoms with Crippen molar-refractivity contribution in [2.75, 3.05) is 5.32 Å². The number of benzene rings is 1. The van der Waals surface area contributed by atoms with Gasteiger partial charge in [-0.3, -0.25) is 5.10 Å². The predicted octanol–water partition coefficient (Wildman–Crippen LogP) is 9.04. The van der Waals surface area contributed by atoms with Crippen molar-refractivity contribution in [1.29, 1.82) is 0 Å². The molecule has 1 fully saturated rings. The van der Waals surface area contributed by atoms with Gasteiger partial charge >= 0.3 is 0 Å². The number of hydrogen-bond acceptors (Lipinski definition) is 2. The smallest absolute Gasteiger partial charge is 0.156 e. The molecular formula is C30H47N3. The van der Waals surface area contributed by atoms with E-state index in [0.717, 1.165) is 18.7 Å². The summed E-state index contributed by atoms with van der Waals surface area (Å²) in [7, 11) is 0. The van der Waals surface area contributed by atoms with Crippen LogP contribution in [-0.4, -0.2) is 10.2 Å². The van der Waals surface area contributed by atoms with Gasteiger partial charge in [0.2, 0.25) is 0 Å². The van der Waals surface area contributed by atoms with Crippen LogP contribution in [0, 0.1) is 12.3 Å². The topological polar surface area (TPSA) is 40.7 Å². The van der Waals surface area contributed by atoms with E-state index in [4.69, 9.17) is 5.10 Å². The molecule has 33 heavy (non-hydrogen) atoms. The molecule has 2 heterocycles. The summed E-state index contributed by atoms with van der Waals surface area (Å²) in [5.74, 6) is 1.65. The minimum Gasteiger partial charge on any atom is -0.342 e. The number of nitrogens with zero attached hydrogens (tertiary/aromatic N) is 1. The first-order valence-corrected chi connectivity index (χ1v) is 13.1. The number of aromatic amines is 1. The van der Waals surface area contributed by atoms with Gasteiger partial charge in [0.05, 0.1) is 5.41 Å². The molecule has 2 aromatic rings. The highest BCUT2D eigenvalue weighted by atomic mass is 15.2. The molecule has 1 atom stereocenters. The van der Waals surface area contributed by atoms with Crippen LogP contribution in [0.5, 0.6) is 0 Å². The molecule has 0 spiro atoms. The van der Waals surface area contributed by atoms with Gasteiger partial charge in [-0.25, -0.2) is 0 Å². The van der Waals surface area contributed by atoms with Crippen molar-refractivity contribution >= 4 is 5.82 Å². The van der Waals surface area contributed by atoms with E-state index in [1.54, 1.807) is 0 Å². The fourth-order valence-electron chi connectivity index (χ4n) is 5.56. The molecular weight excluding hydrogens is 402 g/mol. The van der Waals surface area contributed by atoms with Gasteiger partial charge in [-0.1, -0.05) is 86.2 Å². The lowest BCUT2D eigenvalue weighted by Gasteiger charge is -2.46. The van der Waals surface area contributed by atoms with Crippen molar-refractivity contribution in [3.8, 4) is 0 Å². The second-order valence-corrected chi connectivity index (χ2v) is 9.67. The summed E-state index contributed by atoms with van der Waals surface area (Å²) in [6, 6.07) is 8.83. The van der Waals surface area contributed by atoms with Crippen LogP contribution in [0.3, 0.4) is 0 Å². The fraction of sp³-hybridized carbons (Fsp3) is 0.567. The third-order valence-electron chi connectivity index (χ3n) is 6.74. The zero-order valence-corrected chi connectivity index (χ0v) is 22.9. The van der Waals surface area contributed by atoms with Crippen LogP contribution in [0.15, 0.2) is 47.7 Å². The summed E-state index contributed by atoms with van der Waals surface area (Å²) in [6.45, 7) is 25.9. The highest BCUT2D eigenvalue weighted by Gasteiger charge is 2.49. The second-order valence-electron chi connectivity index (χ2n) is 9.67. The molecule has 1 unspecified atom stereocenters. The maximum absolute atomic E-state index is 4.73. The first-order valence-electron chi connectivity index (χ1n) is 13.1. The molecule has 1 saturated carbocycles. The summed E-state index contributed by atoms with van der Waals surface area (Å²) in [5, 5.41) is 11.8. The molecule has 3 nitrogen and oxygen atoms in total. The van der Waals surface area contributed by atoms with Crippen molar-refractivity contribution in [3.63, 3.8) is 0 Å². The van der Waals surface area contributed by atoms with Crippen LogP contribution < -0.4 is 5.32 Å². The average Bonchev–Trinajstić information content (AvgIpc) is 3.56. The number of anilines is 1. The maximum atomic E-state index is 4.73. The van der Waals surface area contributed by atoms with Crippen LogP contribution in [0.25, 0.3) is 0 Å². The zero-order chi connectivity index (χ0) is 25.0. The second kappa shape index (κ2) is 10.8. The van der Waals surface area contributed by atoms with Crippen molar-refractivity contribution in [1.82, 2.24) is 10.2 Å². The Morgan fingerprint density at radius 1 is 0.939 bits per heavy atom. The number of H-pyrrole nitrogens is 1. The molecule has 1 aromatic heterocycles. The SMILES string of the molecule is C=C1CC(C)(C)CC2=C1C(C)(c1ccccc1C)c1c(n[nH]c1C1CC1)N2.CC.CC.CC. The van der Waals surface area contributed by atoms with Gasteiger partial charge in [-0.15, -0.1) is 0 Å². The summed E-state index contributed by atoms with van der Waals surface area (Å²) >= 11 is 0. The van der Waals surface area contributed by atoms with Crippen molar-refractivity contribution < 1.29 is 0 Å². The molecule has 182 valence electrons. The van der Waals surface area contributed by atoms with Crippen LogP contribution in [0.1, 0.15) is 116 Å². The third-order valence-corrected chi connectivity index (χ3v) is 6.74. The Labute approximate surface area is 203 Å². The Bertz CT molecular complexity index is 988. The number of aryl methyl sites for hydroxylation is 1. The summed E-state index contributed by atoms with van der Waals surface area (Å²) in [5.41, 5.74) is 9.38. The van der Waals surface area contributed by atoms with Crippen molar-refractivity contribution in [3.05, 3.63) is 70.1 Å². The molecule has 2 N–H and O–H groups in total. The normalized spacial score (nSPS) is 22.2. The number of fused-ring (bicyclic) bond motifs is 1. The Kier molecular flexibility index (Phi) is 8.79. The van der Waals surface area contributed by atoms with Crippen LogP contribution >= 0.6 is 0 Å². The highest BCUT2D eigenvalue weighted by Crippen LogP contribution is 2.58. The lowest BCUT2D eigenvalue weighted by Crippen LogP contribution is -2.39. The number of nitrogens with one attached hydrogen (secondary N) is 2. The van der Waals surface area contributed by atoms with Crippen LogP contribution in [0.4, 0.5) is 5.82 Å². The van der Waals surface area contributed by atoms with Crippen LogP contribution in [-0.2, 0) is 5.41 Å². The number of rotatable bonds is 2. The van der Waals surface area contributed by atoms with E-state index in [9.17, 15) is 0 Å². The van der Waals surface area contributed by atoms with E-state index in [0.29, 0.717) is 5.92 Å². The summed E-state index contributed by atoms with van der Waals surface area (Å²) in [6.07, 6.45) is 4.60. The van der Waals surface area contributed by atoms with Gasteiger partial charge in [0.25, 0.3) is 0 Å². The molecule has 1 aromatic carbocycles. The highest BCUT2D eigenvalue weighted by molar-refractivity contribution is 5.72. The largest absolute Gasteiger partial charge is 0.342 e. The lowest BCUT2D eigenvalue weighted by molar-refractivity contribution is 0.340. The Morgan fingerprint density at radius 3 is 2.12 bits per heavy atom. The average molecular weight is 450 g/mol. The molecule has 0 bridgehead atoms. The molecule has 1 aliphatic heterocycles. The monoisotopic (exact) mass is 449 g/mol. The number of hydrogen-bond donors (Lipinski definition) is 2. The quantitative estimate of drug-likeness (QED) is 0.480. The third kappa shape index (κ3) is 4.83. The van der Waals surface area contributed by atoms with Crippen molar-refractivity contribution in [2.24, 2.45) is 5.41 Å². The molecule has 3 heteroatoms. The maximum Gasteiger partial charge on any atom is 0.156 e. The number of allylic oxidation sites excluding steroid dienone is 3. The minimum absolute atomic E-state index is 0.209. The first-order chi connectivity index (χ1) is 15.8. The van der Waals surface area contributed by atoms with Gasteiger partial charge in [0, 0.05) is 22.9 Å². The number of aromatic nitrogens is 2. The molecule has 0 radical (unpaired) electrons. The fourth-order valence-corrected chi connectivity index (χ4v) is 5.56. The van der Waals surface area contributed by atoms with Crippen molar-refractivity contribution in [2.45, 2.75) is 106 Å². The molecule has 0 saturated heterocycles. The molecule has 0 amide bonds. The summed E-state index contributed by atoms with van der Waals surface area (Å²) < 4.78 is 0. The van der Waals surface area contributed by atoms with Gasteiger partial charge in [-0.05, 0) is 67.2 Å². The Morgan fingerprint density at radius 2 is 1.55 bits per heavy atom. The van der Waals surface area contributed by atoms with E-state index in [-0.39, 0.29) is 10.8 Å². The zero-order valence-electron chi connectivity index (χ0n) is 22.9. The van der Waals surface area contributed by atoms with Crippen LogP contribution in [0.2, 0.25) is 0 Å². The van der Waals surface area contributed by atoms with E-state index >= 15 is 0 Å². The van der Waals surface area contributed by atoms with Gasteiger partial charge in [-0.2, -0.15) is 5.10 Å². The standard InChI is InChI=1S/C24H29N3.3C2H6/c1-14-8-6-7-9-17(14)24(5)19-15(2)12-23(3,4)13-18(19)25-22-20(24)21(26-27-22)16-10-11-16;3*1-2/h6-9,16H,2,10-13H2,1,3-5H3,(H2,25,26,27);3*1-2H3. The van der Waals surface area contributed by atoms with E-state index < -0.39 is 0 Å². The molecule has 5 rings (SSSR count). The Balaban J connectivity index is 0.000000597. The van der Waals surface area contributed by atoms with Gasteiger partial charge < -0.3 is 5.32 Å². The molecule has 2 aliphatic carbocycles. The van der Waals surface area contributed by atoms with Gasteiger partial charge in [0.1, 0.15) is 0 Å². The molecule has 3 aliphatic rings. The first kappa shape index (κ1) is 27.0.